The lowest BCUT2D eigenvalue weighted by Crippen LogP contribution is -2.37. The molecule has 22 heavy (non-hydrogen) atoms. The van der Waals surface area contributed by atoms with Gasteiger partial charge in [-0.05, 0) is 37.1 Å². The highest BCUT2D eigenvalue weighted by Crippen LogP contribution is 2.31. The lowest BCUT2D eigenvalue weighted by molar-refractivity contribution is -0.115. The Hall–Kier alpha value is -2.80. The van der Waals surface area contributed by atoms with Crippen molar-refractivity contribution in [2.45, 2.75) is 19.4 Å². The van der Waals surface area contributed by atoms with Crippen LogP contribution >= 0.6 is 0 Å². The summed E-state index contributed by atoms with van der Waals surface area (Å²) in [5.74, 6) is -0.105. The van der Waals surface area contributed by atoms with E-state index in [1.165, 1.54) is 5.56 Å². The van der Waals surface area contributed by atoms with Crippen LogP contribution in [0.3, 0.4) is 0 Å². The van der Waals surface area contributed by atoms with E-state index < -0.39 is 0 Å². The van der Waals surface area contributed by atoms with Crippen LogP contribution in [0.5, 0.6) is 0 Å². The summed E-state index contributed by atoms with van der Waals surface area (Å²) in [6.07, 6.45) is 0.957. The van der Waals surface area contributed by atoms with E-state index in [0.29, 0.717) is 17.3 Å². The van der Waals surface area contributed by atoms with Gasteiger partial charge >= 0.3 is 0 Å². The number of carbonyl (C=O) groups excluding carboxylic acids is 1. The molecule has 4 heteroatoms. The maximum absolute atomic E-state index is 12.3. The van der Waals surface area contributed by atoms with E-state index in [2.05, 4.69) is 35.3 Å². The molecule has 1 N–H and O–H groups in total. The Morgan fingerprint density at radius 1 is 1.27 bits per heavy atom. The van der Waals surface area contributed by atoms with Crippen molar-refractivity contribution in [1.82, 2.24) is 0 Å². The molecule has 110 valence electrons. The fraction of sp³-hybridized carbons (Fsp3) is 0.222. The summed E-state index contributed by atoms with van der Waals surface area (Å²) in [7, 11) is 0. The number of carbonyl (C=O) groups is 1. The van der Waals surface area contributed by atoms with Crippen LogP contribution in [0, 0.1) is 11.3 Å². The summed E-state index contributed by atoms with van der Waals surface area (Å²) in [5, 5.41) is 11.9. The standard InChI is InChI=1S/C18H17N3O/c1-13-10-14-6-3-5-9-17(14)21(13)12-18(22)20-16-8-4-2-7-15(16)11-19/h2-9,13H,10,12H2,1H3,(H,20,22)/t13-/m0/s1. The van der Waals surface area contributed by atoms with E-state index in [-0.39, 0.29) is 12.5 Å². The van der Waals surface area contributed by atoms with Gasteiger partial charge in [-0.25, -0.2) is 0 Å². The third-order valence-corrected chi connectivity index (χ3v) is 3.98. The lowest BCUT2D eigenvalue weighted by Gasteiger charge is -2.24. The number of amides is 1. The quantitative estimate of drug-likeness (QED) is 0.946. The van der Waals surface area contributed by atoms with Crippen LogP contribution in [-0.2, 0) is 11.2 Å². The molecule has 0 fully saturated rings. The predicted octanol–water partition coefficient (Wildman–Crippen LogP) is 2.95. The zero-order valence-corrected chi connectivity index (χ0v) is 12.4. The van der Waals surface area contributed by atoms with Gasteiger partial charge in [0.2, 0.25) is 5.91 Å². The average molecular weight is 291 g/mol. The van der Waals surface area contributed by atoms with Crippen LogP contribution in [-0.4, -0.2) is 18.5 Å². The van der Waals surface area contributed by atoms with Crippen molar-refractivity contribution in [1.29, 1.82) is 5.26 Å². The zero-order valence-electron chi connectivity index (χ0n) is 12.4. The number of nitrogens with one attached hydrogen (secondary N) is 1. The summed E-state index contributed by atoms with van der Waals surface area (Å²) in [4.78, 5) is 14.4. The van der Waals surface area contributed by atoms with Crippen LogP contribution in [0.2, 0.25) is 0 Å². The van der Waals surface area contributed by atoms with E-state index in [1.54, 1.807) is 18.2 Å². The average Bonchev–Trinajstić information content (AvgIpc) is 2.84. The molecule has 0 aromatic heterocycles. The minimum absolute atomic E-state index is 0.105. The van der Waals surface area contributed by atoms with E-state index in [9.17, 15) is 4.79 Å². The first kappa shape index (κ1) is 14.2. The normalized spacial score (nSPS) is 16.0. The maximum Gasteiger partial charge on any atom is 0.243 e. The highest BCUT2D eigenvalue weighted by molar-refractivity contribution is 5.95. The molecular weight excluding hydrogens is 274 g/mol. The van der Waals surface area contributed by atoms with Crippen LogP contribution in [0.15, 0.2) is 48.5 Å². The molecule has 0 saturated heterocycles. The second-order valence-corrected chi connectivity index (χ2v) is 5.52. The molecule has 1 aliphatic heterocycles. The molecule has 3 rings (SSSR count). The van der Waals surface area contributed by atoms with Crippen LogP contribution < -0.4 is 10.2 Å². The summed E-state index contributed by atoms with van der Waals surface area (Å²) in [5.41, 5.74) is 3.44. The van der Waals surface area contributed by atoms with Crippen LogP contribution in [0.25, 0.3) is 0 Å². The van der Waals surface area contributed by atoms with Crippen molar-refractivity contribution in [3.05, 3.63) is 59.7 Å². The molecule has 2 aromatic rings. The predicted molar refractivity (Wildman–Crippen MR) is 86.7 cm³/mol. The van der Waals surface area contributed by atoms with Gasteiger partial charge in [0, 0.05) is 11.7 Å². The number of nitrogens with zero attached hydrogens (tertiary/aromatic N) is 2. The molecule has 0 spiro atoms. The van der Waals surface area contributed by atoms with E-state index in [4.69, 9.17) is 5.26 Å². The van der Waals surface area contributed by atoms with Gasteiger partial charge in [0.25, 0.3) is 0 Å². The molecule has 1 atom stereocenters. The van der Waals surface area contributed by atoms with E-state index in [0.717, 1.165) is 12.1 Å². The number of nitriles is 1. The Morgan fingerprint density at radius 3 is 2.82 bits per heavy atom. The van der Waals surface area contributed by atoms with Gasteiger partial charge < -0.3 is 10.2 Å². The minimum Gasteiger partial charge on any atom is -0.359 e. The first-order chi connectivity index (χ1) is 10.7. The fourth-order valence-electron chi connectivity index (χ4n) is 2.90. The molecule has 4 nitrogen and oxygen atoms in total. The number of para-hydroxylation sites is 2. The molecule has 0 bridgehead atoms. The first-order valence-corrected chi connectivity index (χ1v) is 7.32. The monoisotopic (exact) mass is 291 g/mol. The Kier molecular flexibility index (Phi) is 3.80. The Bertz CT molecular complexity index is 748. The van der Waals surface area contributed by atoms with Gasteiger partial charge in [-0.3, -0.25) is 4.79 Å². The van der Waals surface area contributed by atoms with Crippen LogP contribution in [0.4, 0.5) is 11.4 Å². The van der Waals surface area contributed by atoms with Gasteiger partial charge in [0.1, 0.15) is 6.07 Å². The highest BCUT2D eigenvalue weighted by Gasteiger charge is 2.27. The van der Waals surface area contributed by atoms with Crippen molar-refractivity contribution in [2.75, 3.05) is 16.8 Å². The third-order valence-electron chi connectivity index (χ3n) is 3.98. The second kappa shape index (κ2) is 5.90. The largest absolute Gasteiger partial charge is 0.359 e. The molecule has 1 amide bonds. The van der Waals surface area contributed by atoms with Gasteiger partial charge in [-0.2, -0.15) is 5.26 Å². The topological polar surface area (TPSA) is 56.1 Å². The molecule has 1 aliphatic rings. The van der Waals surface area contributed by atoms with Crippen molar-refractivity contribution in [3.8, 4) is 6.07 Å². The fourth-order valence-corrected chi connectivity index (χ4v) is 2.90. The number of hydrogen-bond acceptors (Lipinski definition) is 3. The van der Waals surface area contributed by atoms with Gasteiger partial charge in [0.15, 0.2) is 0 Å². The Morgan fingerprint density at radius 2 is 2.00 bits per heavy atom. The second-order valence-electron chi connectivity index (χ2n) is 5.52. The molecular formula is C18H17N3O. The van der Waals surface area contributed by atoms with Gasteiger partial charge in [-0.15, -0.1) is 0 Å². The third kappa shape index (κ3) is 2.66. The molecule has 0 unspecified atom stereocenters. The van der Waals surface area contributed by atoms with Crippen LogP contribution in [0.1, 0.15) is 18.1 Å². The number of anilines is 2. The van der Waals surface area contributed by atoms with Crippen molar-refractivity contribution >= 4 is 17.3 Å². The minimum atomic E-state index is -0.105. The smallest absolute Gasteiger partial charge is 0.243 e. The highest BCUT2D eigenvalue weighted by atomic mass is 16.2. The number of benzene rings is 2. The molecule has 0 saturated carbocycles. The zero-order chi connectivity index (χ0) is 15.5. The van der Waals surface area contributed by atoms with Gasteiger partial charge in [0.05, 0.1) is 17.8 Å². The first-order valence-electron chi connectivity index (χ1n) is 7.32. The summed E-state index contributed by atoms with van der Waals surface area (Å²) < 4.78 is 0. The molecule has 1 heterocycles. The number of rotatable bonds is 3. The summed E-state index contributed by atoms with van der Waals surface area (Å²) >= 11 is 0. The lowest BCUT2D eigenvalue weighted by atomic mass is 10.1. The van der Waals surface area contributed by atoms with Crippen molar-refractivity contribution in [3.63, 3.8) is 0 Å². The van der Waals surface area contributed by atoms with Crippen molar-refractivity contribution < 1.29 is 4.79 Å². The van der Waals surface area contributed by atoms with E-state index >= 15 is 0 Å². The SMILES string of the molecule is C[C@H]1Cc2ccccc2N1CC(=O)Nc1ccccc1C#N. The summed E-state index contributed by atoms with van der Waals surface area (Å²) in [6.45, 7) is 2.41. The molecule has 2 aromatic carbocycles. The molecule has 0 radical (unpaired) electrons. The number of fused-ring (bicyclic) bond motifs is 1. The van der Waals surface area contributed by atoms with Crippen molar-refractivity contribution in [2.24, 2.45) is 0 Å². The number of hydrogen-bond donors (Lipinski definition) is 1. The Labute approximate surface area is 130 Å². The Balaban J connectivity index is 1.74. The van der Waals surface area contributed by atoms with Gasteiger partial charge in [-0.1, -0.05) is 30.3 Å². The summed E-state index contributed by atoms with van der Waals surface area (Å²) in [6, 6.07) is 17.6. The maximum atomic E-state index is 12.3. The van der Waals surface area contributed by atoms with E-state index in [1.807, 2.05) is 18.2 Å². The molecule has 0 aliphatic carbocycles.